The normalized spacial score (nSPS) is 17.7. The first-order valence-corrected chi connectivity index (χ1v) is 9.11. The van der Waals surface area contributed by atoms with Crippen LogP contribution in [0, 0.1) is 5.82 Å². The number of likely N-dealkylation sites (N-methyl/N-ethyl adjacent to an activating group) is 1. The number of rotatable bonds is 8. The van der Waals surface area contributed by atoms with Gasteiger partial charge in [-0.1, -0.05) is 12.1 Å². The molecule has 25 heavy (non-hydrogen) atoms. The quantitative estimate of drug-likeness (QED) is 0.700. The molecule has 8 heteroatoms. The molecule has 0 aliphatic carbocycles. The van der Waals surface area contributed by atoms with Gasteiger partial charge in [0, 0.05) is 36.7 Å². The Balaban J connectivity index is 1.75. The molecule has 1 N–H and O–H groups in total. The van der Waals surface area contributed by atoms with Crippen LogP contribution < -0.4 is 0 Å². The number of benzene rings is 1. The molecular weight excluding hydrogens is 347 g/mol. The minimum absolute atomic E-state index is 0.0121. The lowest BCUT2D eigenvalue weighted by atomic mass is 10.2. The van der Waals surface area contributed by atoms with Crippen molar-refractivity contribution in [2.45, 2.75) is 17.4 Å². The second-order valence-corrected chi connectivity index (χ2v) is 7.09. The van der Waals surface area contributed by atoms with E-state index in [-0.39, 0.29) is 24.4 Å². The van der Waals surface area contributed by atoms with Gasteiger partial charge in [0.2, 0.25) is 5.91 Å². The van der Waals surface area contributed by atoms with E-state index in [0.29, 0.717) is 43.3 Å². The van der Waals surface area contributed by atoms with E-state index in [1.54, 1.807) is 35.0 Å². The van der Waals surface area contributed by atoms with E-state index in [1.165, 1.54) is 17.8 Å². The van der Waals surface area contributed by atoms with Crippen LogP contribution >= 0.6 is 11.8 Å². The van der Waals surface area contributed by atoms with Gasteiger partial charge in [0.05, 0.1) is 19.3 Å². The van der Waals surface area contributed by atoms with Crippen molar-refractivity contribution in [3.8, 4) is 0 Å². The van der Waals surface area contributed by atoms with Crippen LogP contribution in [-0.2, 0) is 14.3 Å². The standard InChI is InChI=1S/C17H23FN2O4S/c1-19(12-17(22)23)10-13-11-20(7-8-24-13)16(21)6-9-25-15-5-3-2-4-14(15)18/h2-5,13H,6-12H2,1H3,(H,22,23). The van der Waals surface area contributed by atoms with E-state index >= 15 is 0 Å². The Labute approximate surface area is 150 Å². The van der Waals surface area contributed by atoms with Gasteiger partial charge in [-0.05, 0) is 19.2 Å². The van der Waals surface area contributed by atoms with Crippen LogP contribution in [0.5, 0.6) is 0 Å². The van der Waals surface area contributed by atoms with Crippen LogP contribution in [0.1, 0.15) is 6.42 Å². The third-order valence-corrected chi connectivity index (χ3v) is 4.87. The Hall–Kier alpha value is -1.64. The Bertz CT molecular complexity index is 602. The van der Waals surface area contributed by atoms with E-state index in [1.807, 2.05) is 0 Å². The largest absolute Gasteiger partial charge is 0.480 e. The zero-order valence-electron chi connectivity index (χ0n) is 14.2. The second-order valence-electron chi connectivity index (χ2n) is 5.95. The molecule has 1 unspecified atom stereocenters. The number of carboxylic acid groups (broad SMARTS) is 1. The Morgan fingerprint density at radius 2 is 2.20 bits per heavy atom. The summed E-state index contributed by atoms with van der Waals surface area (Å²) < 4.78 is 19.2. The molecule has 0 radical (unpaired) electrons. The maximum absolute atomic E-state index is 13.6. The van der Waals surface area contributed by atoms with Crippen molar-refractivity contribution in [3.05, 3.63) is 30.1 Å². The Morgan fingerprint density at radius 3 is 2.92 bits per heavy atom. The highest BCUT2D eigenvalue weighted by atomic mass is 32.2. The first kappa shape index (κ1) is 19.7. The van der Waals surface area contributed by atoms with Crippen molar-refractivity contribution in [2.75, 3.05) is 45.6 Å². The first-order valence-electron chi connectivity index (χ1n) is 8.12. The molecule has 1 aliphatic heterocycles. The van der Waals surface area contributed by atoms with E-state index in [2.05, 4.69) is 0 Å². The number of nitrogens with zero attached hydrogens (tertiary/aromatic N) is 2. The number of carboxylic acids is 1. The lowest BCUT2D eigenvalue weighted by molar-refractivity contribution is -0.142. The number of carbonyl (C=O) groups is 2. The molecule has 0 bridgehead atoms. The molecule has 1 heterocycles. The van der Waals surface area contributed by atoms with Gasteiger partial charge >= 0.3 is 5.97 Å². The predicted octanol–water partition coefficient (Wildman–Crippen LogP) is 1.55. The van der Waals surface area contributed by atoms with Gasteiger partial charge in [0.15, 0.2) is 0 Å². The van der Waals surface area contributed by atoms with Crippen LogP contribution in [0.15, 0.2) is 29.2 Å². The van der Waals surface area contributed by atoms with Gasteiger partial charge in [-0.3, -0.25) is 14.5 Å². The summed E-state index contributed by atoms with van der Waals surface area (Å²) >= 11 is 1.33. The van der Waals surface area contributed by atoms with Crippen molar-refractivity contribution in [2.24, 2.45) is 0 Å². The molecule has 0 aromatic heterocycles. The summed E-state index contributed by atoms with van der Waals surface area (Å²) in [4.78, 5) is 27.0. The van der Waals surface area contributed by atoms with Gasteiger partial charge in [-0.15, -0.1) is 11.8 Å². The highest BCUT2D eigenvalue weighted by Gasteiger charge is 2.25. The number of thioether (sulfide) groups is 1. The van der Waals surface area contributed by atoms with Gasteiger partial charge < -0.3 is 14.7 Å². The summed E-state index contributed by atoms with van der Waals surface area (Å²) in [5, 5.41) is 8.79. The molecule has 1 aliphatic rings. The Kier molecular flexibility index (Phi) is 7.67. The lowest BCUT2D eigenvalue weighted by Crippen LogP contribution is -2.49. The zero-order valence-corrected chi connectivity index (χ0v) is 15.0. The fraction of sp³-hybridized carbons (Fsp3) is 0.529. The van der Waals surface area contributed by atoms with E-state index in [0.717, 1.165) is 0 Å². The molecule has 1 aromatic rings. The van der Waals surface area contributed by atoms with Gasteiger partial charge in [0.25, 0.3) is 0 Å². The highest BCUT2D eigenvalue weighted by molar-refractivity contribution is 7.99. The average molecular weight is 370 g/mol. The Morgan fingerprint density at radius 1 is 1.44 bits per heavy atom. The summed E-state index contributed by atoms with van der Waals surface area (Å²) in [6.45, 7) is 1.82. The topological polar surface area (TPSA) is 70.1 Å². The van der Waals surface area contributed by atoms with Crippen LogP contribution in [0.2, 0.25) is 0 Å². The molecular formula is C17H23FN2O4S. The number of halogens is 1. The first-order chi connectivity index (χ1) is 12.0. The van der Waals surface area contributed by atoms with Gasteiger partial charge in [-0.2, -0.15) is 0 Å². The SMILES string of the molecule is CN(CC(=O)O)CC1CN(C(=O)CCSc2ccccc2F)CCO1. The lowest BCUT2D eigenvalue weighted by Gasteiger charge is -2.34. The summed E-state index contributed by atoms with van der Waals surface area (Å²) in [7, 11) is 1.71. The van der Waals surface area contributed by atoms with E-state index < -0.39 is 5.97 Å². The van der Waals surface area contributed by atoms with Crippen LogP contribution in [-0.4, -0.2) is 78.5 Å². The minimum Gasteiger partial charge on any atom is -0.480 e. The molecule has 0 spiro atoms. The van der Waals surface area contributed by atoms with Crippen LogP contribution in [0.25, 0.3) is 0 Å². The number of carbonyl (C=O) groups excluding carboxylic acids is 1. The number of hydrogen-bond acceptors (Lipinski definition) is 5. The fourth-order valence-electron chi connectivity index (χ4n) is 2.67. The second kappa shape index (κ2) is 9.74. The molecule has 1 atom stereocenters. The maximum atomic E-state index is 13.6. The summed E-state index contributed by atoms with van der Waals surface area (Å²) in [5.41, 5.74) is 0. The zero-order chi connectivity index (χ0) is 18.2. The molecule has 1 aromatic carbocycles. The molecule has 0 saturated carbocycles. The third-order valence-electron chi connectivity index (χ3n) is 3.82. The number of hydrogen-bond donors (Lipinski definition) is 1. The van der Waals surface area contributed by atoms with Crippen LogP contribution in [0.4, 0.5) is 4.39 Å². The van der Waals surface area contributed by atoms with Crippen molar-refractivity contribution >= 4 is 23.6 Å². The number of amides is 1. The number of morpholine rings is 1. The number of aliphatic carboxylic acids is 1. The van der Waals surface area contributed by atoms with Gasteiger partial charge in [-0.25, -0.2) is 4.39 Å². The predicted molar refractivity (Wildman–Crippen MR) is 93.2 cm³/mol. The fourth-order valence-corrected chi connectivity index (χ4v) is 3.54. The summed E-state index contributed by atoms with van der Waals surface area (Å²) in [5.74, 6) is -0.636. The molecule has 1 saturated heterocycles. The monoisotopic (exact) mass is 370 g/mol. The highest BCUT2D eigenvalue weighted by Crippen LogP contribution is 2.22. The average Bonchev–Trinajstić information content (AvgIpc) is 2.56. The number of ether oxygens (including phenoxy) is 1. The van der Waals surface area contributed by atoms with Crippen molar-refractivity contribution < 1.29 is 23.8 Å². The third kappa shape index (κ3) is 6.64. The van der Waals surface area contributed by atoms with Crippen molar-refractivity contribution in [1.82, 2.24) is 9.80 Å². The maximum Gasteiger partial charge on any atom is 0.317 e. The van der Waals surface area contributed by atoms with E-state index in [9.17, 15) is 14.0 Å². The smallest absolute Gasteiger partial charge is 0.317 e. The summed E-state index contributed by atoms with van der Waals surface area (Å²) in [6, 6.07) is 6.52. The molecule has 6 nitrogen and oxygen atoms in total. The molecule has 138 valence electrons. The van der Waals surface area contributed by atoms with Crippen molar-refractivity contribution in [3.63, 3.8) is 0 Å². The van der Waals surface area contributed by atoms with E-state index in [4.69, 9.17) is 9.84 Å². The summed E-state index contributed by atoms with van der Waals surface area (Å²) in [6.07, 6.45) is 0.137. The van der Waals surface area contributed by atoms with Gasteiger partial charge in [0.1, 0.15) is 5.82 Å². The van der Waals surface area contributed by atoms with Crippen molar-refractivity contribution in [1.29, 1.82) is 0 Å². The molecule has 2 rings (SSSR count). The molecule has 1 fully saturated rings. The molecule has 1 amide bonds. The van der Waals surface area contributed by atoms with Crippen LogP contribution in [0.3, 0.4) is 0 Å². The minimum atomic E-state index is -0.892.